The van der Waals surface area contributed by atoms with Gasteiger partial charge in [0, 0.05) is 0 Å². The van der Waals surface area contributed by atoms with E-state index in [0.29, 0.717) is 0 Å². The predicted octanol–water partition coefficient (Wildman–Crippen LogP) is 2.10. The second kappa shape index (κ2) is 6.20. The van der Waals surface area contributed by atoms with Crippen molar-refractivity contribution < 1.29 is 0 Å². The van der Waals surface area contributed by atoms with Crippen molar-refractivity contribution in [3.8, 4) is 6.07 Å². The monoisotopic (exact) mass is 206 g/mol. The summed E-state index contributed by atoms with van der Waals surface area (Å²) >= 11 is 0. The molecule has 1 atom stereocenters. The van der Waals surface area contributed by atoms with Crippen molar-refractivity contribution in [2.45, 2.75) is 32.7 Å². The topological polar surface area (TPSA) is 55.7 Å². The van der Waals surface area contributed by atoms with Gasteiger partial charge in [-0.25, -0.2) is 4.98 Å². The van der Waals surface area contributed by atoms with Gasteiger partial charge in [0.25, 0.3) is 0 Å². The lowest BCUT2D eigenvalue weighted by Gasteiger charge is -2.25. The first-order valence-corrected chi connectivity index (χ1v) is 5.45. The smallest absolute Gasteiger partial charge is 0.140 e. The SMILES string of the molecule is CCCN(CCC)C(C#N)c1cnc[nH]1. The summed E-state index contributed by atoms with van der Waals surface area (Å²) in [6.07, 6.45) is 5.47. The largest absolute Gasteiger partial charge is 0.346 e. The summed E-state index contributed by atoms with van der Waals surface area (Å²) in [7, 11) is 0. The van der Waals surface area contributed by atoms with Crippen molar-refractivity contribution in [1.82, 2.24) is 14.9 Å². The van der Waals surface area contributed by atoms with Crippen LogP contribution in [0, 0.1) is 11.3 Å². The first-order valence-electron chi connectivity index (χ1n) is 5.45. The van der Waals surface area contributed by atoms with Crippen molar-refractivity contribution in [1.29, 1.82) is 5.26 Å². The Morgan fingerprint density at radius 3 is 2.53 bits per heavy atom. The standard InChI is InChI=1S/C11H18N4/c1-3-5-15(6-4-2)11(7-12)10-8-13-9-14-10/h8-9,11H,3-6H2,1-2H3,(H,13,14). The van der Waals surface area contributed by atoms with Crippen LogP contribution in [0.2, 0.25) is 0 Å². The summed E-state index contributed by atoms with van der Waals surface area (Å²) < 4.78 is 0. The van der Waals surface area contributed by atoms with Crippen LogP contribution in [-0.4, -0.2) is 28.0 Å². The van der Waals surface area contributed by atoms with E-state index >= 15 is 0 Å². The number of aromatic amines is 1. The summed E-state index contributed by atoms with van der Waals surface area (Å²) in [5.41, 5.74) is 0.888. The number of H-pyrrole nitrogens is 1. The highest BCUT2D eigenvalue weighted by Crippen LogP contribution is 2.17. The molecule has 1 rings (SSSR count). The lowest BCUT2D eigenvalue weighted by atomic mass is 10.2. The number of nitrogens with zero attached hydrogens (tertiary/aromatic N) is 3. The third kappa shape index (κ3) is 3.07. The number of aromatic nitrogens is 2. The molecule has 0 fully saturated rings. The lowest BCUT2D eigenvalue weighted by Crippen LogP contribution is -2.29. The predicted molar refractivity (Wildman–Crippen MR) is 59.1 cm³/mol. The molecule has 1 aromatic heterocycles. The Bertz CT molecular complexity index is 293. The molecule has 1 unspecified atom stereocenters. The molecular formula is C11H18N4. The van der Waals surface area contributed by atoms with Crippen LogP contribution in [-0.2, 0) is 0 Å². The second-order valence-corrected chi connectivity index (χ2v) is 3.57. The van der Waals surface area contributed by atoms with Crippen LogP contribution in [0.4, 0.5) is 0 Å². The molecule has 4 nitrogen and oxygen atoms in total. The normalized spacial score (nSPS) is 12.7. The Balaban J connectivity index is 2.74. The number of hydrogen-bond acceptors (Lipinski definition) is 3. The van der Waals surface area contributed by atoms with Gasteiger partial charge in [0.2, 0.25) is 0 Å². The molecule has 0 bridgehead atoms. The Morgan fingerprint density at radius 1 is 1.47 bits per heavy atom. The van der Waals surface area contributed by atoms with Crippen LogP contribution in [0.1, 0.15) is 38.4 Å². The number of rotatable bonds is 6. The van der Waals surface area contributed by atoms with Gasteiger partial charge in [-0.15, -0.1) is 0 Å². The maximum absolute atomic E-state index is 9.18. The molecule has 0 radical (unpaired) electrons. The molecule has 0 aliphatic heterocycles. The first kappa shape index (κ1) is 11.7. The third-order valence-electron chi connectivity index (χ3n) is 2.32. The molecule has 0 aliphatic rings. The summed E-state index contributed by atoms with van der Waals surface area (Å²) in [4.78, 5) is 9.16. The minimum atomic E-state index is -0.188. The van der Waals surface area contributed by atoms with E-state index in [4.69, 9.17) is 0 Å². The van der Waals surface area contributed by atoms with E-state index in [1.54, 1.807) is 12.5 Å². The van der Waals surface area contributed by atoms with Gasteiger partial charge in [0.15, 0.2) is 0 Å². The van der Waals surface area contributed by atoms with Crippen LogP contribution in [0.25, 0.3) is 0 Å². The maximum atomic E-state index is 9.18. The fourth-order valence-corrected chi connectivity index (χ4v) is 1.71. The molecule has 82 valence electrons. The van der Waals surface area contributed by atoms with E-state index < -0.39 is 0 Å². The van der Waals surface area contributed by atoms with E-state index in [9.17, 15) is 5.26 Å². The van der Waals surface area contributed by atoms with Crippen LogP contribution in [0.15, 0.2) is 12.5 Å². The minimum Gasteiger partial charge on any atom is -0.346 e. The summed E-state index contributed by atoms with van der Waals surface area (Å²) in [6, 6.07) is 2.14. The molecule has 0 amide bonds. The molecule has 1 aromatic rings. The van der Waals surface area contributed by atoms with Gasteiger partial charge in [0.1, 0.15) is 6.04 Å². The molecule has 0 aliphatic carbocycles. The van der Waals surface area contributed by atoms with Crippen molar-refractivity contribution >= 4 is 0 Å². The third-order valence-corrected chi connectivity index (χ3v) is 2.32. The van der Waals surface area contributed by atoms with Crippen LogP contribution in [0.5, 0.6) is 0 Å². The average Bonchev–Trinajstić information content (AvgIpc) is 2.73. The Kier molecular flexibility index (Phi) is 4.85. The second-order valence-electron chi connectivity index (χ2n) is 3.57. The molecule has 1 heterocycles. The van der Waals surface area contributed by atoms with Gasteiger partial charge in [-0.3, -0.25) is 4.90 Å². The first-order chi connectivity index (χ1) is 7.33. The van der Waals surface area contributed by atoms with Gasteiger partial charge in [-0.1, -0.05) is 13.8 Å². The average molecular weight is 206 g/mol. The molecule has 4 heteroatoms. The van der Waals surface area contributed by atoms with Crippen LogP contribution < -0.4 is 0 Å². The zero-order valence-electron chi connectivity index (χ0n) is 9.40. The Labute approximate surface area is 90.9 Å². The highest BCUT2D eigenvalue weighted by Gasteiger charge is 2.19. The van der Waals surface area contributed by atoms with E-state index in [-0.39, 0.29) is 6.04 Å². The van der Waals surface area contributed by atoms with Gasteiger partial charge < -0.3 is 4.98 Å². The molecule has 15 heavy (non-hydrogen) atoms. The van der Waals surface area contributed by atoms with Gasteiger partial charge in [-0.05, 0) is 25.9 Å². The van der Waals surface area contributed by atoms with E-state index in [1.807, 2.05) is 0 Å². The van der Waals surface area contributed by atoms with E-state index in [1.165, 1.54) is 0 Å². The number of imidazole rings is 1. The molecular weight excluding hydrogens is 188 g/mol. The zero-order chi connectivity index (χ0) is 11.1. The molecule has 0 aromatic carbocycles. The van der Waals surface area contributed by atoms with E-state index in [2.05, 4.69) is 34.8 Å². The minimum absolute atomic E-state index is 0.188. The summed E-state index contributed by atoms with van der Waals surface area (Å²) in [5.74, 6) is 0. The molecule has 0 saturated heterocycles. The highest BCUT2D eigenvalue weighted by molar-refractivity contribution is 5.12. The van der Waals surface area contributed by atoms with Gasteiger partial charge in [-0.2, -0.15) is 5.26 Å². The summed E-state index contributed by atoms with van der Waals surface area (Å²) in [6.45, 7) is 6.16. The van der Waals surface area contributed by atoms with Crippen LogP contribution in [0.3, 0.4) is 0 Å². The van der Waals surface area contributed by atoms with Crippen molar-refractivity contribution in [2.24, 2.45) is 0 Å². The fraction of sp³-hybridized carbons (Fsp3) is 0.636. The Hall–Kier alpha value is -1.34. The van der Waals surface area contributed by atoms with Gasteiger partial charge >= 0.3 is 0 Å². The fourth-order valence-electron chi connectivity index (χ4n) is 1.71. The zero-order valence-corrected chi connectivity index (χ0v) is 9.40. The maximum Gasteiger partial charge on any atom is 0.140 e. The molecule has 0 saturated carbocycles. The number of nitrogens with one attached hydrogen (secondary N) is 1. The van der Waals surface area contributed by atoms with Gasteiger partial charge in [0.05, 0.1) is 24.3 Å². The lowest BCUT2D eigenvalue weighted by molar-refractivity contribution is 0.233. The quantitative estimate of drug-likeness (QED) is 0.775. The van der Waals surface area contributed by atoms with Crippen LogP contribution >= 0.6 is 0 Å². The Morgan fingerprint density at radius 2 is 2.13 bits per heavy atom. The van der Waals surface area contributed by atoms with E-state index in [0.717, 1.165) is 31.6 Å². The summed E-state index contributed by atoms with van der Waals surface area (Å²) in [5, 5.41) is 9.18. The highest BCUT2D eigenvalue weighted by atomic mass is 15.2. The van der Waals surface area contributed by atoms with Crippen molar-refractivity contribution in [3.05, 3.63) is 18.2 Å². The number of hydrogen-bond donors (Lipinski definition) is 1. The molecule has 0 spiro atoms. The van der Waals surface area contributed by atoms with Crippen molar-refractivity contribution in [3.63, 3.8) is 0 Å². The number of nitriles is 1. The molecule has 1 N–H and O–H groups in total. The van der Waals surface area contributed by atoms with Crippen molar-refractivity contribution in [2.75, 3.05) is 13.1 Å².